The molecule has 1 unspecified atom stereocenters. The van der Waals surface area contributed by atoms with Crippen LogP contribution < -0.4 is 10.5 Å². The minimum Gasteiger partial charge on any atom is -0.496 e. The van der Waals surface area contributed by atoms with Crippen molar-refractivity contribution in [3.05, 3.63) is 51.0 Å². The van der Waals surface area contributed by atoms with Crippen LogP contribution in [0.5, 0.6) is 5.75 Å². The van der Waals surface area contributed by atoms with Crippen molar-refractivity contribution in [2.45, 2.75) is 38.1 Å². The highest BCUT2D eigenvalue weighted by Gasteiger charge is 2.20. The Hall–Kier alpha value is -1.39. The third-order valence-corrected chi connectivity index (χ3v) is 5.42. The van der Waals surface area contributed by atoms with E-state index >= 15 is 0 Å². The Bertz CT molecular complexity index is 614. The summed E-state index contributed by atoms with van der Waals surface area (Å²) in [5.74, 6) is 0.367. The number of methoxy groups -OCH3 is 1. The maximum atomic E-state index is 13.5. The maximum Gasteiger partial charge on any atom is 0.124 e. The second kappa shape index (κ2) is 6.16. The Morgan fingerprint density at radius 2 is 2.00 bits per heavy atom. The summed E-state index contributed by atoms with van der Waals surface area (Å²) < 4.78 is 18.9. The van der Waals surface area contributed by atoms with Gasteiger partial charge in [0.05, 0.1) is 13.2 Å². The van der Waals surface area contributed by atoms with Crippen LogP contribution in [0.2, 0.25) is 0 Å². The van der Waals surface area contributed by atoms with E-state index in [9.17, 15) is 4.39 Å². The summed E-state index contributed by atoms with van der Waals surface area (Å²) in [7, 11) is 1.59. The Morgan fingerprint density at radius 1 is 1.19 bits per heavy atom. The molecule has 1 aliphatic carbocycles. The van der Waals surface area contributed by atoms with Crippen LogP contribution >= 0.6 is 11.3 Å². The van der Waals surface area contributed by atoms with Gasteiger partial charge < -0.3 is 10.5 Å². The van der Waals surface area contributed by atoms with Crippen LogP contribution in [0.4, 0.5) is 4.39 Å². The van der Waals surface area contributed by atoms with E-state index in [1.807, 2.05) is 0 Å². The molecule has 2 N–H and O–H groups in total. The van der Waals surface area contributed by atoms with E-state index in [2.05, 4.69) is 6.07 Å². The van der Waals surface area contributed by atoms with Crippen molar-refractivity contribution in [1.29, 1.82) is 0 Å². The van der Waals surface area contributed by atoms with Crippen molar-refractivity contribution >= 4 is 11.3 Å². The first kappa shape index (κ1) is 14.5. The van der Waals surface area contributed by atoms with Crippen LogP contribution in [-0.2, 0) is 12.8 Å². The molecule has 1 heterocycles. The molecule has 1 aromatic heterocycles. The van der Waals surface area contributed by atoms with Crippen molar-refractivity contribution in [2.24, 2.45) is 5.73 Å². The largest absolute Gasteiger partial charge is 0.496 e. The van der Waals surface area contributed by atoms with E-state index in [1.165, 1.54) is 41.8 Å². The molecule has 4 heteroatoms. The van der Waals surface area contributed by atoms with E-state index in [4.69, 9.17) is 10.5 Å². The fraction of sp³-hybridized carbons (Fsp3) is 0.412. The van der Waals surface area contributed by atoms with Crippen LogP contribution in [0.1, 0.15) is 46.2 Å². The summed E-state index contributed by atoms with van der Waals surface area (Å²) in [5.41, 5.74) is 8.52. The molecule has 0 aliphatic heterocycles. The third kappa shape index (κ3) is 2.97. The lowest BCUT2D eigenvalue weighted by atomic mass is 10.0. The molecule has 0 amide bonds. The second-order valence-electron chi connectivity index (χ2n) is 5.52. The molecule has 0 fully saturated rings. The molecule has 21 heavy (non-hydrogen) atoms. The van der Waals surface area contributed by atoms with Crippen molar-refractivity contribution in [1.82, 2.24) is 0 Å². The molecule has 112 valence electrons. The Labute approximate surface area is 128 Å². The normalized spacial score (nSPS) is 16.1. The Balaban J connectivity index is 1.95. The summed E-state index contributed by atoms with van der Waals surface area (Å²) in [6.45, 7) is 0. The number of hydrogen-bond acceptors (Lipinski definition) is 3. The summed E-state index contributed by atoms with van der Waals surface area (Å²) >= 11 is 1.77. The first-order valence-electron chi connectivity index (χ1n) is 7.39. The molecule has 1 aliphatic rings. The van der Waals surface area contributed by atoms with Gasteiger partial charge in [-0.2, -0.15) is 0 Å². The molecule has 1 aromatic carbocycles. The van der Waals surface area contributed by atoms with Gasteiger partial charge in [-0.05, 0) is 55.5 Å². The van der Waals surface area contributed by atoms with Crippen molar-refractivity contribution in [3.63, 3.8) is 0 Å². The monoisotopic (exact) mass is 305 g/mol. The highest BCUT2D eigenvalue weighted by molar-refractivity contribution is 7.12. The van der Waals surface area contributed by atoms with Gasteiger partial charge in [-0.1, -0.05) is 6.42 Å². The van der Waals surface area contributed by atoms with Gasteiger partial charge in [-0.25, -0.2) is 4.39 Å². The van der Waals surface area contributed by atoms with E-state index in [1.54, 1.807) is 24.5 Å². The summed E-state index contributed by atoms with van der Waals surface area (Å²) in [6.07, 6.45) is 6.10. The molecule has 3 rings (SSSR count). The zero-order chi connectivity index (χ0) is 14.8. The number of fused-ring (bicyclic) bond motifs is 1. The predicted octanol–water partition coefficient (Wildman–Crippen LogP) is 4.21. The number of thiophene rings is 1. The van der Waals surface area contributed by atoms with E-state index in [-0.39, 0.29) is 11.9 Å². The number of rotatable bonds is 3. The van der Waals surface area contributed by atoms with Gasteiger partial charge in [0.15, 0.2) is 0 Å². The maximum absolute atomic E-state index is 13.5. The molecule has 2 nitrogen and oxygen atoms in total. The zero-order valence-corrected chi connectivity index (χ0v) is 13.0. The zero-order valence-electron chi connectivity index (χ0n) is 12.2. The standard InChI is InChI=1S/C17H20FNOS/c1-20-14-8-7-12(18)10-13(14)17(19)16-9-11-5-3-2-4-6-15(11)21-16/h7-10,17H,2-6,19H2,1H3. The highest BCUT2D eigenvalue weighted by Crippen LogP contribution is 2.36. The fourth-order valence-electron chi connectivity index (χ4n) is 2.95. The number of nitrogens with two attached hydrogens (primary N) is 1. The molecule has 0 spiro atoms. The first-order chi connectivity index (χ1) is 10.2. The topological polar surface area (TPSA) is 35.2 Å². The van der Waals surface area contributed by atoms with Gasteiger partial charge in [-0.15, -0.1) is 11.3 Å². The lowest BCUT2D eigenvalue weighted by Gasteiger charge is -2.14. The highest BCUT2D eigenvalue weighted by atomic mass is 32.1. The number of aryl methyl sites for hydroxylation is 2. The van der Waals surface area contributed by atoms with Gasteiger partial charge in [0.1, 0.15) is 11.6 Å². The average molecular weight is 305 g/mol. The minimum absolute atomic E-state index is 0.278. The van der Waals surface area contributed by atoms with Crippen LogP contribution in [0.25, 0.3) is 0 Å². The molecule has 0 radical (unpaired) electrons. The van der Waals surface area contributed by atoms with Crippen LogP contribution in [-0.4, -0.2) is 7.11 Å². The lowest BCUT2D eigenvalue weighted by Crippen LogP contribution is -2.12. The molecule has 2 aromatic rings. The van der Waals surface area contributed by atoms with E-state index in [0.717, 1.165) is 17.7 Å². The Kier molecular flexibility index (Phi) is 4.27. The molecule has 0 bridgehead atoms. The van der Waals surface area contributed by atoms with Gasteiger partial charge in [0, 0.05) is 15.3 Å². The second-order valence-corrected chi connectivity index (χ2v) is 6.69. The van der Waals surface area contributed by atoms with Crippen LogP contribution in [0.15, 0.2) is 24.3 Å². The SMILES string of the molecule is COc1ccc(F)cc1C(N)c1cc2c(s1)CCCCC2. The number of ether oxygens (including phenoxy) is 1. The fourth-order valence-corrected chi connectivity index (χ4v) is 4.22. The van der Waals surface area contributed by atoms with Crippen LogP contribution in [0.3, 0.4) is 0 Å². The van der Waals surface area contributed by atoms with Crippen LogP contribution in [0, 0.1) is 5.82 Å². The number of halogens is 1. The van der Waals surface area contributed by atoms with Crippen molar-refractivity contribution in [2.75, 3.05) is 7.11 Å². The van der Waals surface area contributed by atoms with E-state index < -0.39 is 0 Å². The molecule has 0 saturated heterocycles. The van der Waals surface area contributed by atoms with Gasteiger partial charge in [0.25, 0.3) is 0 Å². The average Bonchev–Trinajstić information content (AvgIpc) is 2.77. The lowest BCUT2D eigenvalue weighted by molar-refractivity contribution is 0.406. The van der Waals surface area contributed by atoms with Gasteiger partial charge >= 0.3 is 0 Å². The summed E-state index contributed by atoms with van der Waals surface area (Å²) in [4.78, 5) is 2.55. The molecule has 1 atom stereocenters. The Morgan fingerprint density at radius 3 is 2.81 bits per heavy atom. The number of hydrogen-bond donors (Lipinski definition) is 1. The first-order valence-corrected chi connectivity index (χ1v) is 8.21. The van der Waals surface area contributed by atoms with Crippen molar-refractivity contribution in [3.8, 4) is 5.75 Å². The van der Waals surface area contributed by atoms with Gasteiger partial charge in [0.2, 0.25) is 0 Å². The molecule has 0 saturated carbocycles. The van der Waals surface area contributed by atoms with Crippen molar-refractivity contribution < 1.29 is 9.13 Å². The van der Waals surface area contributed by atoms with E-state index in [0.29, 0.717) is 11.3 Å². The predicted molar refractivity (Wildman–Crippen MR) is 84.6 cm³/mol. The van der Waals surface area contributed by atoms with Gasteiger partial charge in [-0.3, -0.25) is 0 Å². The molecular formula is C17H20FNOS. The summed E-state index contributed by atoms with van der Waals surface area (Å²) in [5, 5.41) is 0. The summed E-state index contributed by atoms with van der Waals surface area (Å²) in [6, 6.07) is 6.41. The quantitative estimate of drug-likeness (QED) is 0.862. The molecular weight excluding hydrogens is 285 g/mol. The number of benzene rings is 1. The smallest absolute Gasteiger partial charge is 0.124 e. The minimum atomic E-state index is -0.326. The third-order valence-electron chi connectivity index (χ3n) is 4.10.